The fourth-order valence-electron chi connectivity index (χ4n) is 1.86. The number of hydrogen-bond acceptors (Lipinski definition) is 3. The Morgan fingerprint density at radius 1 is 1.57 bits per heavy atom. The van der Waals surface area contributed by atoms with Crippen molar-refractivity contribution >= 4 is 24.0 Å². The molecule has 0 spiro atoms. The lowest BCUT2D eigenvalue weighted by molar-refractivity contribution is -0.121. The molecule has 1 amide bonds. The maximum atomic E-state index is 13.4. The molecule has 6 heteroatoms. The summed E-state index contributed by atoms with van der Waals surface area (Å²) in [7, 11) is 1.71. The van der Waals surface area contributed by atoms with Crippen LogP contribution in [0.4, 0.5) is 10.1 Å². The summed E-state index contributed by atoms with van der Waals surface area (Å²) >= 11 is 0. The summed E-state index contributed by atoms with van der Waals surface area (Å²) in [6, 6.07) is 0. The van der Waals surface area contributed by atoms with Crippen molar-refractivity contribution in [2.24, 2.45) is 10.9 Å². The van der Waals surface area contributed by atoms with Crippen molar-refractivity contribution < 1.29 is 9.18 Å². The Morgan fingerprint density at radius 2 is 2.19 bits per heavy atom. The highest BCUT2D eigenvalue weighted by Gasteiger charge is 2.18. The molecule has 0 fully saturated rings. The molecule has 0 aliphatic heterocycles. The van der Waals surface area contributed by atoms with Crippen molar-refractivity contribution in [3.05, 3.63) is 30.0 Å². The standard InChI is InChI=1S/C15H21FN4O/c1-10(2)15(21)19(6)14-9-20(18-12(14)4)11(3)7-13(16)8-17-5/h7-10H,5H2,1-4,6H3/b11-7+,13-8+. The highest BCUT2D eigenvalue weighted by molar-refractivity contribution is 5.94. The van der Waals surface area contributed by atoms with E-state index >= 15 is 0 Å². The highest BCUT2D eigenvalue weighted by atomic mass is 19.1. The second-order valence-electron chi connectivity index (χ2n) is 5.08. The molecule has 1 rings (SSSR count). The predicted molar refractivity (Wildman–Crippen MR) is 83.9 cm³/mol. The number of carbonyl (C=O) groups excluding carboxylic acids is 1. The second kappa shape index (κ2) is 6.97. The Balaban J connectivity index is 3.10. The molecule has 0 radical (unpaired) electrons. The number of halogens is 1. The molecule has 1 heterocycles. The van der Waals surface area contributed by atoms with Gasteiger partial charge in [-0.1, -0.05) is 13.8 Å². The van der Waals surface area contributed by atoms with E-state index in [0.717, 1.165) is 6.20 Å². The fourth-order valence-corrected chi connectivity index (χ4v) is 1.86. The van der Waals surface area contributed by atoms with Gasteiger partial charge in [0, 0.05) is 18.7 Å². The molecule has 0 saturated heterocycles. The molecule has 0 saturated carbocycles. The van der Waals surface area contributed by atoms with Gasteiger partial charge in [-0.3, -0.25) is 9.79 Å². The number of aliphatic imine (C=N–C) groups is 1. The van der Waals surface area contributed by atoms with Crippen LogP contribution in [0.1, 0.15) is 26.5 Å². The third kappa shape index (κ3) is 4.11. The summed E-state index contributed by atoms with van der Waals surface area (Å²) in [5.74, 6) is -0.613. The van der Waals surface area contributed by atoms with Gasteiger partial charge in [0.05, 0.1) is 23.8 Å². The molecule has 5 nitrogen and oxygen atoms in total. The topological polar surface area (TPSA) is 50.5 Å². The largest absolute Gasteiger partial charge is 0.312 e. The van der Waals surface area contributed by atoms with E-state index in [1.165, 1.54) is 10.8 Å². The number of aryl methyl sites for hydroxylation is 1. The van der Waals surface area contributed by atoms with Crippen molar-refractivity contribution in [3.8, 4) is 0 Å². The Labute approximate surface area is 124 Å². The minimum atomic E-state index is -0.510. The van der Waals surface area contributed by atoms with Gasteiger partial charge in [-0.25, -0.2) is 9.07 Å². The van der Waals surface area contributed by atoms with Crippen molar-refractivity contribution in [2.75, 3.05) is 11.9 Å². The number of anilines is 1. The lowest BCUT2D eigenvalue weighted by atomic mass is 10.2. The molecule has 0 aliphatic carbocycles. The second-order valence-corrected chi connectivity index (χ2v) is 5.08. The smallest absolute Gasteiger partial charge is 0.229 e. The van der Waals surface area contributed by atoms with Crippen LogP contribution in [-0.4, -0.2) is 29.5 Å². The van der Waals surface area contributed by atoms with Gasteiger partial charge in [0.1, 0.15) is 5.83 Å². The molecule has 0 N–H and O–H groups in total. The Kier molecular flexibility index (Phi) is 5.58. The van der Waals surface area contributed by atoms with E-state index in [9.17, 15) is 9.18 Å². The van der Waals surface area contributed by atoms with Gasteiger partial charge in [-0.2, -0.15) is 5.10 Å². The lowest BCUT2D eigenvalue weighted by Gasteiger charge is -2.18. The summed E-state index contributed by atoms with van der Waals surface area (Å²) < 4.78 is 14.9. The first kappa shape index (κ1) is 16.8. The molecule has 1 aromatic rings. The van der Waals surface area contributed by atoms with E-state index in [1.807, 2.05) is 13.8 Å². The molecule has 21 heavy (non-hydrogen) atoms. The first-order valence-corrected chi connectivity index (χ1v) is 6.62. The van der Waals surface area contributed by atoms with Crippen LogP contribution in [0, 0.1) is 12.8 Å². The number of rotatable bonds is 5. The number of aromatic nitrogens is 2. The third-order valence-electron chi connectivity index (χ3n) is 2.98. The van der Waals surface area contributed by atoms with Gasteiger partial charge >= 0.3 is 0 Å². The van der Waals surface area contributed by atoms with Crippen LogP contribution in [0.25, 0.3) is 5.70 Å². The van der Waals surface area contributed by atoms with Crippen LogP contribution in [0.15, 0.2) is 29.3 Å². The molecule has 0 unspecified atom stereocenters. The van der Waals surface area contributed by atoms with Crippen molar-refractivity contribution in [1.29, 1.82) is 0 Å². The fraction of sp³-hybridized carbons (Fsp3) is 0.400. The van der Waals surface area contributed by atoms with Gasteiger partial charge in [-0.05, 0) is 26.6 Å². The number of nitrogens with zero attached hydrogens (tertiary/aromatic N) is 4. The first-order chi connectivity index (χ1) is 9.77. The van der Waals surface area contributed by atoms with E-state index in [-0.39, 0.29) is 11.8 Å². The average molecular weight is 292 g/mol. The Bertz CT molecular complexity index is 599. The minimum Gasteiger partial charge on any atom is -0.312 e. The molecular formula is C15H21FN4O. The van der Waals surface area contributed by atoms with Gasteiger partial charge in [0.15, 0.2) is 0 Å². The quantitative estimate of drug-likeness (QED) is 0.618. The summed E-state index contributed by atoms with van der Waals surface area (Å²) in [6.45, 7) is 10.4. The molecule has 0 aromatic carbocycles. The van der Waals surface area contributed by atoms with Gasteiger partial charge in [0.25, 0.3) is 0 Å². The van der Waals surface area contributed by atoms with Crippen LogP contribution in [0.5, 0.6) is 0 Å². The number of carbonyl (C=O) groups is 1. The Morgan fingerprint density at radius 3 is 2.71 bits per heavy atom. The molecule has 0 atom stereocenters. The minimum absolute atomic E-state index is 0.00113. The molecule has 1 aromatic heterocycles. The summed E-state index contributed by atoms with van der Waals surface area (Å²) in [5.41, 5.74) is 1.98. The SMILES string of the molecule is C=N/C=C(F)\C=C(/C)n1cc(N(C)C(=O)C(C)C)c(C)n1. The van der Waals surface area contributed by atoms with Crippen molar-refractivity contribution in [1.82, 2.24) is 9.78 Å². The van der Waals surface area contributed by atoms with Gasteiger partial charge < -0.3 is 4.90 Å². The zero-order valence-corrected chi connectivity index (χ0v) is 13.1. The van der Waals surface area contributed by atoms with E-state index in [1.54, 1.807) is 32.0 Å². The third-order valence-corrected chi connectivity index (χ3v) is 2.98. The van der Waals surface area contributed by atoms with E-state index in [0.29, 0.717) is 17.1 Å². The normalized spacial score (nSPS) is 12.7. The van der Waals surface area contributed by atoms with Crippen LogP contribution in [-0.2, 0) is 4.79 Å². The molecule has 0 aliphatic rings. The molecular weight excluding hydrogens is 271 g/mol. The van der Waals surface area contributed by atoms with Crippen LogP contribution in [0.3, 0.4) is 0 Å². The summed E-state index contributed by atoms with van der Waals surface area (Å²) in [4.78, 5) is 16.9. The van der Waals surface area contributed by atoms with Crippen molar-refractivity contribution in [3.63, 3.8) is 0 Å². The van der Waals surface area contributed by atoms with Gasteiger partial charge in [0.2, 0.25) is 5.91 Å². The molecule has 0 bridgehead atoms. The number of allylic oxidation sites excluding steroid dienone is 3. The van der Waals surface area contributed by atoms with Crippen molar-refractivity contribution in [2.45, 2.75) is 27.7 Å². The highest BCUT2D eigenvalue weighted by Crippen LogP contribution is 2.21. The first-order valence-electron chi connectivity index (χ1n) is 6.62. The number of amides is 1. The van der Waals surface area contributed by atoms with Crippen LogP contribution < -0.4 is 4.90 Å². The lowest BCUT2D eigenvalue weighted by Crippen LogP contribution is -2.30. The maximum absolute atomic E-state index is 13.4. The van der Waals surface area contributed by atoms with E-state index in [2.05, 4.69) is 16.8 Å². The summed E-state index contributed by atoms with van der Waals surface area (Å²) in [6.07, 6.45) is 4.03. The monoisotopic (exact) mass is 292 g/mol. The van der Waals surface area contributed by atoms with E-state index in [4.69, 9.17) is 0 Å². The van der Waals surface area contributed by atoms with E-state index < -0.39 is 5.83 Å². The predicted octanol–water partition coefficient (Wildman–Crippen LogP) is 3.18. The summed E-state index contributed by atoms with van der Waals surface area (Å²) in [5, 5.41) is 4.30. The van der Waals surface area contributed by atoms with Crippen LogP contribution >= 0.6 is 0 Å². The van der Waals surface area contributed by atoms with Crippen LogP contribution in [0.2, 0.25) is 0 Å². The zero-order valence-electron chi connectivity index (χ0n) is 13.1. The zero-order chi connectivity index (χ0) is 16.2. The maximum Gasteiger partial charge on any atom is 0.229 e. The Hall–Kier alpha value is -2.24. The van der Waals surface area contributed by atoms with Gasteiger partial charge in [-0.15, -0.1) is 0 Å². The average Bonchev–Trinajstić information content (AvgIpc) is 2.79. The molecule has 114 valence electrons. The number of hydrogen-bond donors (Lipinski definition) is 0.